The molecule has 1 aromatic rings. The summed E-state index contributed by atoms with van der Waals surface area (Å²) in [6.07, 6.45) is 2.29. The number of carboxylic acid groups (broad SMARTS) is 1. The first kappa shape index (κ1) is 15.0. The summed E-state index contributed by atoms with van der Waals surface area (Å²) >= 11 is 1.60. The Morgan fingerprint density at radius 2 is 2.10 bits per heavy atom. The van der Waals surface area contributed by atoms with Crippen LogP contribution in [0.3, 0.4) is 0 Å². The second-order valence-electron chi connectivity index (χ2n) is 5.62. The van der Waals surface area contributed by atoms with Crippen molar-refractivity contribution in [1.29, 1.82) is 0 Å². The second kappa shape index (κ2) is 6.39. The molecule has 1 amide bonds. The van der Waals surface area contributed by atoms with E-state index in [1.54, 1.807) is 23.3 Å². The number of thiophene rings is 1. The fourth-order valence-corrected chi connectivity index (χ4v) is 3.70. The zero-order valence-corrected chi connectivity index (χ0v) is 12.7. The average Bonchev–Trinajstić information content (AvgIpc) is 3.06. The van der Waals surface area contributed by atoms with Crippen molar-refractivity contribution in [3.05, 3.63) is 22.4 Å². The molecule has 0 aliphatic heterocycles. The fraction of sp³-hybridized carbons (Fsp3) is 0.600. The molecule has 20 heavy (non-hydrogen) atoms. The monoisotopic (exact) mass is 295 g/mol. The van der Waals surface area contributed by atoms with E-state index in [-0.39, 0.29) is 11.8 Å². The van der Waals surface area contributed by atoms with Crippen LogP contribution in [0.25, 0.3) is 0 Å². The molecule has 0 bridgehead atoms. The van der Waals surface area contributed by atoms with E-state index in [2.05, 4.69) is 6.92 Å². The first-order valence-electron chi connectivity index (χ1n) is 7.01. The molecular weight excluding hydrogens is 274 g/mol. The van der Waals surface area contributed by atoms with E-state index in [4.69, 9.17) is 0 Å². The van der Waals surface area contributed by atoms with Crippen LogP contribution >= 0.6 is 11.3 Å². The Hall–Kier alpha value is -1.36. The third-order valence-electron chi connectivity index (χ3n) is 4.25. The molecule has 0 spiro atoms. The summed E-state index contributed by atoms with van der Waals surface area (Å²) in [5.41, 5.74) is 1.10. The van der Waals surface area contributed by atoms with E-state index < -0.39 is 11.9 Å². The molecule has 0 aromatic carbocycles. The predicted octanol–water partition coefficient (Wildman–Crippen LogP) is 2.84. The first-order valence-corrected chi connectivity index (χ1v) is 7.96. The van der Waals surface area contributed by atoms with Gasteiger partial charge in [0.15, 0.2) is 0 Å². The molecule has 1 aliphatic carbocycles. The number of hydrogen-bond donors (Lipinski definition) is 1. The quantitative estimate of drug-likeness (QED) is 0.908. The van der Waals surface area contributed by atoms with Gasteiger partial charge in [-0.1, -0.05) is 13.3 Å². The molecule has 0 saturated heterocycles. The standard InChI is InChI=1S/C15H21NO3S/c1-3-10-6-12(13(7-10)15(18)19)14(17)16(2)8-11-4-5-20-9-11/h4-5,9-10,12-13H,3,6-8H2,1-2H3,(H,18,19). The zero-order chi connectivity index (χ0) is 14.7. The summed E-state index contributed by atoms with van der Waals surface area (Å²) < 4.78 is 0. The number of carboxylic acids is 1. The van der Waals surface area contributed by atoms with Gasteiger partial charge in [-0.25, -0.2) is 0 Å². The smallest absolute Gasteiger partial charge is 0.307 e. The maximum absolute atomic E-state index is 12.5. The molecule has 1 aromatic heterocycles. The Labute approximate surface area is 123 Å². The Morgan fingerprint density at radius 1 is 1.40 bits per heavy atom. The number of rotatable bonds is 5. The predicted molar refractivity (Wildman–Crippen MR) is 78.4 cm³/mol. The first-order chi connectivity index (χ1) is 9.52. The molecule has 1 saturated carbocycles. The third kappa shape index (κ3) is 3.20. The van der Waals surface area contributed by atoms with E-state index in [0.717, 1.165) is 12.0 Å². The van der Waals surface area contributed by atoms with Gasteiger partial charge in [0.05, 0.1) is 11.8 Å². The molecule has 1 aliphatic rings. The highest BCUT2D eigenvalue weighted by Crippen LogP contribution is 2.39. The van der Waals surface area contributed by atoms with Crippen LogP contribution in [0.5, 0.6) is 0 Å². The lowest BCUT2D eigenvalue weighted by atomic mass is 9.95. The van der Waals surface area contributed by atoms with Crippen molar-refractivity contribution in [3.63, 3.8) is 0 Å². The van der Waals surface area contributed by atoms with Gasteiger partial charge < -0.3 is 10.0 Å². The average molecular weight is 295 g/mol. The van der Waals surface area contributed by atoms with Crippen LogP contribution in [0.1, 0.15) is 31.7 Å². The Bertz CT molecular complexity index is 471. The van der Waals surface area contributed by atoms with Crippen molar-refractivity contribution in [2.45, 2.75) is 32.7 Å². The minimum absolute atomic E-state index is 0.0282. The maximum atomic E-state index is 12.5. The SMILES string of the molecule is CCC1CC(C(=O)O)C(C(=O)N(C)Cc2ccsc2)C1. The molecule has 1 fully saturated rings. The van der Waals surface area contributed by atoms with Crippen LogP contribution < -0.4 is 0 Å². The van der Waals surface area contributed by atoms with Crippen LogP contribution in [0, 0.1) is 17.8 Å². The lowest BCUT2D eigenvalue weighted by Crippen LogP contribution is -2.36. The van der Waals surface area contributed by atoms with Gasteiger partial charge in [-0.3, -0.25) is 9.59 Å². The van der Waals surface area contributed by atoms with Crippen LogP contribution in [0.4, 0.5) is 0 Å². The van der Waals surface area contributed by atoms with Gasteiger partial charge in [0, 0.05) is 13.6 Å². The third-order valence-corrected chi connectivity index (χ3v) is 4.98. The summed E-state index contributed by atoms with van der Waals surface area (Å²) in [5.74, 6) is -1.37. The second-order valence-corrected chi connectivity index (χ2v) is 6.40. The largest absolute Gasteiger partial charge is 0.481 e. The molecule has 1 heterocycles. The molecule has 4 nitrogen and oxygen atoms in total. The number of nitrogens with zero attached hydrogens (tertiary/aromatic N) is 1. The Kier molecular flexibility index (Phi) is 4.81. The van der Waals surface area contributed by atoms with Gasteiger partial charge in [-0.05, 0) is 41.1 Å². The molecule has 1 N–H and O–H groups in total. The van der Waals surface area contributed by atoms with Gasteiger partial charge in [-0.15, -0.1) is 0 Å². The van der Waals surface area contributed by atoms with Crippen molar-refractivity contribution in [1.82, 2.24) is 4.90 Å². The Morgan fingerprint density at radius 3 is 2.65 bits per heavy atom. The van der Waals surface area contributed by atoms with Crippen molar-refractivity contribution >= 4 is 23.2 Å². The van der Waals surface area contributed by atoms with Gasteiger partial charge in [-0.2, -0.15) is 11.3 Å². The van der Waals surface area contributed by atoms with Crippen LogP contribution in [0.15, 0.2) is 16.8 Å². The molecule has 3 unspecified atom stereocenters. The number of hydrogen-bond acceptors (Lipinski definition) is 3. The number of aliphatic carboxylic acids is 1. The Balaban J connectivity index is 2.04. The molecule has 110 valence electrons. The van der Waals surface area contributed by atoms with Gasteiger partial charge in [0.25, 0.3) is 0 Å². The summed E-state index contributed by atoms with van der Waals surface area (Å²) in [5, 5.41) is 13.3. The van der Waals surface area contributed by atoms with Crippen LogP contribution in [0.2, 0.25) is 0 Å². The minimum atomic E-state index is -0.830. The van der Waals surface area contributed by atoms with Crippen molar-refractivity contribution in [2.75, 3.05) is 7.05 Å². The summed E-state index contributed by atoms with van der Waals surface area (Å²) in [6.45, 7) is 2.62. The summed E-state index contributed by atoms with van der Waals surface area (Å²) in [7, 11) is 1.76. The van der Waals surface area contributed by atoms with Gasteiger partial charge in [0.2, 0.25) is 5.91 Å². The van der Waals surface area contributed by atoms with Gasteiger partial charge >= 0.3 is 5.97 Å². The minimum Gasteiger partial charge on any atom is -0.481 e. The number of carbonyl (C=O) groups is 2. The number of amides is 1. The summed E-state index contributed by atoms with van der Waals surface area (Å²) in [6, 6.07) is 1.99. The van der Waals surface area contributed by atoms with Crippen LogP contribution in [-0.2, 0) is 16.1 Å². The van der Waals surface area contributed by atoms with Crippen molar-refractivity contribution < 1.29 is 14.7 Å². The zero-order valence-electron chi connectivity index (χ0n) is 11.9. The van der Waals surface area contributed by atoms with E-state index in [9.17, 15) is 14.7 Å². The normalized spacial score (nSPS) is 25.6. The topological polar surface area (TPSA) is 57.6 Å². The molecule has 3 atom stereocenters. The van der Waals surface area contributed by atoms with Gasteiger partial charge in [0.1, 0.15) is 0 Å². The maximum Gasteiger partial charge on any atom is 0.307 e. The van der Waals surface area contributed by atoms with E-state index in [1.165, 1.54) is 0 Å². The molecule has 2 rings (SSSR count). The lowest BCUT2D eigenvalue weighted by molar-refractivity contribution is -0.148. The fourth-order valence-electron chi connectivity index (χ4n) is 3.04. The molecular formula is C15H21NO3S. The summed E-state index contributed by atoms with van der Waals surface area (Å²) in [4.78, 5) is 25.5. The molecule has 5 heteroatoms. The van der Waals surface area contributed by atoms with E-state index in [0.29, 0.717) is 25.3 Å². The van der Waals surface area contributed by atoms with Crippen LogP contribution in [-0.4, -0.2) is 28.9 Å². The lowest BCUT2D eigenvalue weighted by Gasteiger charge is -2.23. The number of carbonyl (C=O) groups excluding carboxylic acids is 1. The van der Waals surface area contributed by atoms with E-state index >= 15 is 0 Å². The van der Waals surface area contributed by atoms with E-state index in [1.807, 2.05) is 16.8 Å². The highest BCUT2D eigenvalue weighted by Gasteiger charge is 2.43. The highest BCUT2D eigenvalue weighted by atomic mass is 32.1. The van der Waals surface area contributed by atoms with Crippen molar-refractivity contribution in [2.24, 2.45) is 17.8 Å². The highest BCUT2D eigenvalue weighted by molar-refractivity contribution is 7.07. The molecule has 0 radical (unpaired) electrons. The van der Waals surface area contributed by atoms with Crippen molar-refractivity contribution in [3.8, 4) is 0 Å².